The van der Waals surface area contributed by atoms with Crippen LogP contribution in [0.4, 0.5) is 11.4 Å². The Morgan fingerprint density at radius 1 is 0.568 bits per heavy atom. The molecule has 10 heteroatoms. The molecule has 2 saturated heterocycles. The van der Waals surface area contributed by atoms with Gasteiger partial charge in [-0.15, -0.1) is 0 Å². The second kappa shape index (κ2) is 10.0. The van der Waals surface area contributed by atoms with Crippen LogP contribution in [0.5, 0.6) is 0 Å². The Kier molecular flexibility index (Phi) is 6.41. The number of fused-ring (bicyclic) bond motifs is 1. The number of anilines is 2. The van der Waals surface area contributed by atoms with Crippen LogP contribution in [-0.4, -0.2) is 23.6 Å². The Bertz CT molecular complexity index is 1890. The number of imide groups is 2. The summed E-state index contributed by atoms with van der Waals surface area (Å²) in [6, 6.07) is 19.2. The van der Waals surface area contributed by atoms with E-state index in [0.29, 0.717) is 27.8 Å². The summed E-state index contributed by atoms with van der Waals surface area (Å²) in [6.07, 6.45) is 4.34. The monoisotopic (exact) mass is 662 g/mol. The van der Waals surface area contributed by atoms with E-state index in [1.54, 1.807) is 24.3 Å². The van der Waals surface area contributed by atoms with Crippen LogP contribution in [0.1, 0.15) is 12.0 Å². The highest BCUT2D eigenvalue weighted by Crippen LogP contribution is 2.63. The molecule has 4 amide bonds. The minimum Gasteiger partial charge on any atom is -0.274 e. The lowest BCUT2D eigenvalue weighted by Crippen LogP contribution is -2.51. The molecule has 3 aromatic carbocycles. The summed E-state index contributed by atoms with van der Waals surface area (Å²) in [5.41, 5.74) is 3.59. The smallest absolute Gasteiger partial charge is 0.238 e. The third-order valence-corrected chi connectivity index (χ3v) is 11.4. The molecule has 9 rings (SSSR count). The van der Waals surface area contributed by atoms with Gasteiger partial charge in [-0.25, -0.2) is 9.80 Å². The lowest BCUT2D eigenvalue weighted by molar-refractivity contribution is -0.129. The topological polar surface area (TPSA) is 74.8 Å². The fourth-order valence-electron chi connectivity index (χ4n) is 8.27. The SMILES string of the molecule is O=C1[C@H]2[C@@H]3C=C[C@H](C4=C(c5ccccc5)C[C@H]5C(=O)N(c6ccc(Cl)c(Cl)c6)C(=O)[C@H]5[C@H]43)[C@H]2C(=O)N1c1ccc(Cl)c(Cl)c1. The van der Waals surface area contributed by atoms with Crippen LogP contribution >= 0.6 is 46.4 Å². The highest BCUT2D eigenvalue weighted by Gasteiger charge is 2.67. The van der Waals surface area contributed by atoms with E-state index in [2.05, 4.69) is 0 Å². The minimum atomic E-state index is -0.695. The van der Waals surface area contributed by atoms with Gasteiger partial charge in [0.25, 0.3) is 0 Å². The van der Waals surface area contributed by atoms with Crippen molar-refractivity contribution in [1.29, 1.82) is 0 Å². The molecule has 220 valence electrons. The summed E-state index contributed by atoms with van der Waals surface area (Å²) < 4.78 is 0. The highest BCUT2D eigenvalue weighted by atomic mass is 35.5. The molecule has 3 aromatic rings. The van der Waals surface area contributed by atoms with Crippen LogP contribution in [0.15, 0.2) is 84.5 Å². The maximum Gasteiger partial charge on any atom is 0.238 e. The summed E-state index contributed by atoms with van der Waals surface area (Å²) in [6.45, 7) is 0. The summed E-state index contributed by atoms with van der Waals surface area (Å²) >= 11 is 24.8. The first-order chi connectivity index (χ1) is 21.2. The molecular formula is C34H22Cl4N2O4. The molecule has 2 heterocycles. The maximum atomic E-state index is 14.3. The Morgan fingerprint density at radius 2 is 1.14 bits per heavy atom. The van der Waals surface area contributed by atoms with E-state index in [4.69, 9.17) is 46.4 Å². The molecule has 0 spiro atoms. The molecule has 2 bridgehead atoms. The number of allylic oxidation sites excluding steroid dienone is 4. The molecule has 3 fully saturated rings. The van der Waals surface area contributed by atoms with Gasteiger partial charge in [-0.1, -0.05) is 94.5 Å². The molecule has 44 heavy (non-hydrogen) atoms. The van der Waals surface area contributed by atoms with Crippen molar-refractivity contribution < 1.29 is 19.2 Å². The Morgan fingerprint density at radius 3 is 1.75 bits per heavy atom. The number of halogens is 4. The van der Waals surface area contributed by atoms with Gasteiger partial charge in [0.2, 0.25) is 23.6 Å². The number of carbonyl (C=O) groups excluding carboxylic acids is 4. The van der Waals surface area contributed by atoms with E-state index >= 15 is 0 Å². The van der Waals surface area contributed by atoms with E-state index in [1.807, 2.05) is 42.5 Å². The number of hydrogen-bond donors (Lipinski definition) is 0. The van der Waals surface area contributed by atoms with Gasteiger partial charge in [-0.3, -0.25) is 19.2 Å². The quantitative estimate of drug-likeness (QED) is 0.215. The summed E-state index contributed by atoms with van der Waals surface area (Å²) in [7, 11) is 0. The first-order valence-electron chi connectivity index (χ1n) is 14.3. The predicted octanol–water partition coefficient (Wildman–Crippen LogP) is 7.50. The molecule has 6 nitrogen and oxygen atoms in total. The zero-order chi connectivity index (χ0) is 30.6. The third-order valence-electron chi connectivity index (χ3n) is 9.95. The second-order valence-electron chi connectivity index (χ2n) is 11.9. The predicted molar refractivity (Wildman–Crippen MR) is 169 cm³/mol. The number of rotatable bonds is 3. The maximum absolute atomic E-state index is 14.3. The molecule has 4 aliphatic carbocycles. The van der Waals surface area contributed by atoms with Crippen molar-refractivity contribution in [2.75, 3.05) is 9.80 Å². The molecule has 0 radical (unpaired) electrons. The van der Waals surface area contributed by atoms with Crippen molar-refractivity contribution >= 4 is 87.0 Å². The van der Waals surface area contributed by atoms with E-state index in [9.17, 15) is 19.2 Å². The zero-order valence-corrected chi connectivity index (χ0v) is 25.8. The Balaban J connectivity index is 1.28. The van der Waals surface area contributed by atoms with Crippen molar-refractivity contribution in [3.05, 3.63) is 110 Å². The van der Waals surface area contributed by atoms with Crippen molar-refractivity contribution in [3.63, 3.8) is 0 Å². The van der Waals surface area contributed by atoms with Gasteiger partial charge in [-0.05, 0) is 59.9 Å². The van der Waals surface area contributed by atoms with Crippen LogP contribution in [0.25, 0.3) is 5.57 Å². The van der Waals surface area contributed by atoms with Crippen LogP contribution in [0.3, 0.4) is 0 Å². The normalized spacial score (nSPS) is 30.3. The van der Waals surface area contributed by atoms with Gasteiger partial charge in [0, 0.05) is 11.8 Å². The first-order valence-corrected chi connectivity index (χ1v) is 15.8. The van der Waals surface area contributed by atoms with Crippen molar-refractivity contribution in [3.8, 4) is 0 Å². The highest BCUT2D eigenvalue weighted by molar-refractivity contribution is 6.43. The van der Waals surface area contributed by atoms with Crippen LogP contribution in [-0.2, 0) is 19.2 Å². The van der Waals surface area contributed by atoms with E-state index in [0.717, 1.165) is 16.7 Å². The molecular weight excluding hydrogens is 642 g/mol. The standard InChI is InChI=1S/C34H22Cl4N2O4/c35-22-10-6-16(12-24(22)37)39-31(41)21-14-20(15-4-2-1-3-5-15)26-18-8-9-19(27(26)30(21)34(39)44)29-28(18)32(42)40(33(29)43)17-7-11-23(36)25(38)13-17/h1-13,18-19,21,27-30H,14H2/t18-,19-,21-,27+,28-,29+,30-/m1/s1. The summed E-state index contributed by atoms with van der Waals surface area (Å²) in [5, 5.41) is 1.12. The number of hydrogen-bond acceptors (Lipinski definition) is 4. The molecule has 1 saturated carbocycles. The van der Waals surface area contributed by atoms with Crippen molar-refractivity contribution in [1.82, 2.24) is 0 Å². The Labute approximate surface area is 272 Å². The fourth-order valence-corrected chi connectivity index (χ4v) is 8.86. The van der Waals surface area contributed by atoms with Gasteiger partial charge in [0.15, 0.2) is 0 Å². The zero-order valence-electron chi connectivity index (χ0n) is 22.8. The molecule has 7 atom stereocenters. The van der Waals surface area contributed by atoms with Gasteiger partial charge >= 0.3 is 0 Å². The van der Waals surface area contributed by atoms with Crippen LogP contribution < -0.4 is 9.80 Å². The third kappa shape index (κ3) is 3.81. The van der Waals surface area contributed by atoms with E-state index < -0.39 is 41.4 Å². The summed E-state index contributed by atoms with van der Waals surface area (Å²) in [4.78, 5) is 59.1. The lowest BCUT2D eigenvalue weighted by Gasteiger charge is -2.51. The number of amides is 4. The molecule has 2 aliphatic heterocycles. The number of carbonyl (C=O) groups is 4. The van der Waals surface area contributed by atoms with Crippen LogP contribution in [0.2, 0.25) is 20.1 Å². The average molecular weight is 664 g/mol. The number of nitrogens with zero attached hydrogens (tertiary/aromatic N) is 2. The average Bonchev–Trinajstić information content (AvgIpc) is 3.45. The van der Waals surface area contributed by atoms with Gasteiger partial charge in [0.05, 0.1) is 55.1 Å². The second-order valence-corrected chi connectivity index (χ2v) is 13.6. The van der Waals surface area contributed by atoms with E-state index in [1.165, 1.54) is 21.9 Å². The largest absolute Gasteiger partial charge is 0.274 e. The summed E-state index contributed by atoms with van der Waals surface area (Å²) in [5.74, 6) is -5.21. The first kappa shape index (κ1) is 28.1. The lowest BCUT2D eigenvalue weighted by atomic mass is 9.49. The molecule has 0 unspecified atom stereocenters. The van der Waals surface area contributed by atoms with Crippen LogP contribution in [0, 0.1) is 41.4 Å². The van der Waals surface area contributed by atoms with E-state index in [-0.39, 0.29) is 33.7 Å². The number of benzene rings is 3. The molecule has 0 aromatic heterocycles. The molecule has 6 aliphatic rings. The fraction of sp³-hybridized carbons (Fsp3) is 0.235. The van der Waals surface area contributed by atoms with Crippen molar-refractivity contribution in [2.45, 2.75) is 6.42 Å². The Hall–Kier alpha value is -3.42. The van der Waals surface area contributed by atoms with Gasteiger partial charge in [0.1, 0.15) is 0 Å². The van der Waals surface area contributed by atoms with Crippen molar-refractivity contribution in [2.24, 2.45) is 41.4 Å². The molecule has 0 N–H and O–H groups in total. The van der Waals surface area contributed by atoms with Gasteiger partial charge in [-0.2, -0.15) is 0 Å². The minimum absolute atomic E-state index is 0.239. The van der Waals surface area contributed by atoms with Gasteiger partial charge < -0.3 is 0 Å².